The van der Waals surface area contributed by atoms with Crippen LogP contribution in [0, 0.1) is 12.8 Å². The second-order valence-electron chi connectivity index (χ2n) is 5.72. The van der Waals surface area contributed by atoms with Crippen molar-refractivity contribution < 1.29 is 0 Å². The molecule has 0 spiro atoms. The van der Waals surface area contributed by atoms with Crippen LogP contribution in [0.1, 0.15) is 47.7 Å². The van der Waals surface area contributed by atoms with E-state index in [-0.39, 0.29) is 0 Å². The zero-order valence-corrected chi connectivity index (χ0v) is 12.8. The number of hydrogen-bond donors (Lipinski definition) is 1. The molecule has 1 aliphatic rings. The average molecular weight is 286 g/mol. The molecule has 0 radical (unpaired) electrons. The van der Waals surface area contributed by atoms with Gasteiger partial charge in [-0.1, -0.05) is 18.9 Å². The van der Waals surface area contributed by atoms with Crippen LogP contribution < -0.4 is 5.32 Å². The molecule has 0 amide bonds. The molecule has 2 aromatic heterocycles. The van der Waals surface area contributed by atoms with Gasteiger partial charge in [0, 0.05) is 29.9 Å². The summed E-state index contributed by atoms with van der Waals surface area (Å²) in [7, 11) is 0. The van der Waals surface area contributed by atoms with Gasteiger partial charge in [-0.15, -0.1) is 11.3 Å². The first-order valence-electron chi connectivity index (χ1n) is 7.51. The molecule has 0 bridgehead atoms. The van der Waals surface area contributed by atoms with Crippen LogP contribution in [-0.4, -0.2) is 4.98 Å². The van der Waals surface area contributed by atoms with Gasteiger partial charge in [0.05, 0.1) is 0 Å². The molecule has 20 heavy (non-hydrogen) atoms. The maximum Gasteiger partial charge on any atom is 0.0446 e. The summed E-state index contributed by atoms with van der Waals surface area (Å²) in [6, 6.07) is 7.09. The molecule has 1 fully saturated rings. The maximum absolute atomic E-state index is 4.17. The molecule has 1 aliphatic carbocycles. The van der Waals surface area contributed by atoms with Gasteiger partial charge < -0.3 is 5.32 Å². The molecule has 1 atom stereocenters. The third-order valence-electron chi connectivity index (χ3n) is 4.37. The van der Waals surface area contributed by atoms with Crippen LogP contribution in [0.3, 0.4) is 0 Å². The van der Waals surface area contributed by atoms with Gasteiger partial charge >= 0.3 is 0 Å². The van der Waals surface area contributed by atoms with Crippen LogP contribution in [0.4, 0.5) is 0 Å². The van der Waals surface area contributed by atoms with Gasteiger partial charge in [0.2, 0.25) is 0 Å². The number of nitrogens with zero attached hydrogens (tertiary/aromatic N) is 1. The summed E-state index contributed by atoms with van der Waals surface area (Å²) in [5, 5.41) is 5.99. The van der Waals surface area contributed by atoms with Crippen LogP contribution in [-0.2, 0) is 6.54 Å². The van der Waals surface area contributed by atoms with Gasteiger partial charge in [0.15, 0.2) is 0 Å². The third kappa shape index (κ3) is 3.10. The number of nitrogens with one attached hydrogen (secondary N) is 1. The minimum Gasteiger partial charge on any atom is -0.305 e. The van der Waals surface area contributed by atoms with Crippen LogP contribution >= 0.6 is 11.3 Å². The Bertz CT molecular complexity index is 530. The average Bonchev–Trinajstić information content (AvgIpc) is 3.14. The van der Waals surface area contributed by atoms with Crippen LogP contribution in [0.2, 0.25) is 0 Å². The highest BCUT2D eigenvalue weighted by Crippen LogP contribution is 2.37. The van der Waals surface area contributed by atoms with E-state index in [1.54, 1.807) is 0 Å². The van der Waals surface area contributed by atoms with Gasteiger partial charge in [-0.3, -0.25) is 4.98 Å². The fourth-order valence-corrected chi connectivity index (χ4v) is 4.07. The predicted molar refractivity (Wildman–Crippen MR) is 84.8 cm³/mol. The van der Waals surface area contributed by atoms with Crippen molar-refractivity contribution >= 4 is 11.3 Å². The van der Waals surface area contributed by atoms with Gasteiger partial charge in [-0.2, -0.15) is 0 Å². The standard InChI is InChI=1S/C17H22N2S/c1-13-11-18-9-8-15(13)12-19-17(14-5-2-3-6-14)16-7-4-10-20-16/h4,7-11,14,17,19H,2-3,5-6,12H2,1H3. The van der Waals surface area contributed by atoms with E-state index in [4.69, 9.17) is 0 Å². The first kappa shape index (κ1) is 13.8. The van der Waals surface area contributed by atoms with Crippen LogP contribution in [0.5, 0.6) is 0 Å². The summed E-state index contributed by atoms with van der Waals surface area (Å²) in [5.74, 6) is 0.802. The molecule has 106 valence electrons. The second-order valence-corrected chi connectivity index (χ2v) is 6.70. The molecule has 1 unspecified atom stereocenters. The maximum atomic E-state index is 4.17. The minimum absolute atomic E-state index is 0.519. The minimum atomic E-state index is 0.519. The second kappa shape index (κ2) is 6.51. The van der Waals surface area contributed by atoms with Crippen molar-refractivity contribution in [1.29, 1.82) is 0 Å². The molecule has 3 heteroatoms. The molecule has 2 heterocycles. The number of pyridine rings is 1. The van der Waals surface area contributed by atoms with E-state index in [2.05, 4.69) is 40.8 Å². The zero-order valence-electron chi connectivity index (χ0n) is 12.0. The largest absolute Gasteiger partial charge is 0.305 e. The Morgan fingerprint density at radius 2 is 2.20 bits per heavy atom. The van der Waals surface area contributed by atoms with Gasteiger partial charge in [-0.25, -0.2) is 0 Å². The van der Waals surface area contributed by atoms with Crippen molar-refractivity contribution in [1.82, 2.24) is 10.3 Å². The molecule has 3 rings (SSSR count). The monoisotopic (exact) mass is 286 g/mol. The number of aryl methyl sites for hydroxylation is 1. The van der Waals surface area contributed by atoms with Crippen LogP contribution in [0.25, 0.3) is 0 Å². The molecule has 2 aromatic rings. The first-order chi connectivity index (χ1) is 9.84. The highest BCUT2D eigenvalue weighted by atomic mass is 32.1. The summed E-state index contributed by atoms with van der Waals surface area (Å²) in [6.07, 6.45) is 9.35. The van der Waals surface area contributed by atoms with Crippen molar-refractivity contribution in [3.8, 4) is 0 Å². The Kier molecular flexibility index (Phi) is 4.48. The highest BCUT2D eigenvalue weighted by molar-refractivity contribution is 7.10. The normalized spacial score (nSPS) is 17.4. The van der Waals surface area contributed by atoms with E-state index in [1.165, 1.54) is 41.7 Å². The molecular formula is C17H22N2S. The Labute approximate surface area is 125 Å². The van der Waals surface area contributed by atoms with Crippen molar-refractivity contribution in [2.24, 2.45) is 5.92 Å². The van der Waals surface area contributed by atoms with Crippen molar-refractivity contribution in [2.45, 2.75) is 45.2 Å². The van der Waals surface area contributed by atoms with E-state index >= 15 is 0 Å². The van der Waals surface area contributed by atoms with E-state index in [0.29, 0.717) is 6.04 Å². The smallest absolute Gasteiger partial charge is 0.0446 e. The Morgan fingerprint density at radius 3 is 2.90 bits per heavy atom. The predicted octanol–water partition coefficient (Wildman–Crippen LogP) is 4.47. The quantitative estimate of drug-likeness (QED) is 0.877. The number of thiophene rings is 1. The van der Waals surface area contributed by atoms with Crippen molar-refractivity contribution in [3.05, 3.63) is 52.0 Å². The molecule has 2 nitrogen and oxygen atoms in total. The summed E-state index contributed by atoms with van der Waals surface area (Å²) in [6.45, 7) is 3.08. The number of hydrogen-bond acceptors (Lipinski definition) is 3. The molecule has 0 saturated heterocycles. The topological polar surface area (TPSA) is 24.9 Å². The van der Waals surface area contributed by atoms with E-state index in [1.807, 2.05) is 23.7 Å². The van der Waals surface area contributed by atoms with Gasteiger partial charge in [0.25, 0.3) is 0 Å². The lowest BCUT2D eigenvalue weighted by Gasteiger charge is -2.24. The van der Waals surface area contributed by atoms with E-state index in [0.717, 1.165) is 12.5 Å². The molecule has 1 saturated carbocycles. The molecule has 0 aliphatic heterocycles. The summed E-state index contributed by atoms with van der Waals surface area (Å²) in [4.78, 5) is 5.66. The lowest BCUT2D eigenvalue weighted by atomic mass is 9.96. The third-order valence-corrected chi connectivity index (χ3v) is 5.33. The molecular weight excluding hydrogens is 264 g/mol. The van der Waals surface area contributed by atoms with Crippen molar-refractivity contribution in [2.75, 3.05) is 0 Å². The SMILES string of the molecule is Cc1cnccc1CNC(c1cccs1)C1CCCC1. The lowest BCUT2D eigenvalue weighted by molar-refractivity contribution is 0.370. The number of aromatic nitrogens is 1. The van der Waals surface area contributed by atoms with Gasteiger partial charge in [-0.05, 0) is 54.3 Å². The van der Waals surface area contributed by atoms with E-state index < -0.39 is 0 Å². The lowest BCUT2D eigenvalue weighted by Crippen LogP contribution is -2.26. The fraction of sp³-hybridized carbons (Fsp3) is 0.471. The summed E-state index contributed by atoms with van der Waals surface area (Å²) in [5.41, 5.74) is 2.64. The van der Waals surface area contributed by atoms with Gasteiger partial charge in [0.1, 0.15) is 0 Å². The summed E-state index contributed by atoms with van der Waals surface area (Å²) >= 11 is 1.88. The Morgan fingerprint density at radius 1 is 1.35 bits per heavy atom. The van der Waals surface area contributed by atoms with Crippen molar-refractivity contribution in [3.63, 3.8) is 0 Å². The molecule has 1 N–H and O–H groups in total. The first-order valence-corrected chi connectivity index (χ1v) is 8.39. The zero-order chi connectivity index (χ0) is 13.8. The Hall–Kier alpha value is -1.19. The molecule has 0 aromatic carbocycles. The fourth-order valence-electron chi connectivity index (χ4n) is 3.18. The highest BCUT2D eigenvalue weighted by Gasteiger charge is 2.26. The summed E-state index contributed by atoms with van der Waals surface area (Å²) < 4.78 is 0. The van der Waals surface area contributed by atoms with E-state index in [9.17, 15) is 0 Å². The Balaban J connectivity index is 1.72. The number of rotatable bonds is 5. The van der Waals surface area contributed by atoms with Crippen LogP contribution in [0.15, 0.2) is 36.0 Å².